The van der Waals surface area contributed by atoms with E-state index in [4.69, 9.17) is 10.00 Å². The average Bonchev–Trinajstić information content (AvgIpc) is 2.61. The Kier molecular flexibility index (Phi) is 5.43. The summed E-state index contributed by atoms with van der Waals surface area (Å²) in [5, 5.41) is 22.1. The molecule has 1 atom stereocenters. The zero-order valence-electron chi connectivity index (χ0n) is 13.1. The monoisotopic (exact) mass is 339 g/mol. The van der Waals surface area contributed by atoms with Gasteiger partial charge in [0.25, 0.3) is 11.6 Å². The summed E-state index contributed by atoms with van der Waals surface area (Å²) in [4.78, 5) is 34.5. The Labute approximate surface area is 142 Å². The highest BCUT2D eigenvalue weighted by Gasteiger charge is 2.22. The first kappa shape index (κ1) is 17.6. The Morgan fingerprint density at radius 3 is 2.64 bits per heavy atom. The van der Waals surface area contributed by atoms with Gasteiger partial charge in [-0.2, -0.15) is 5.26 Å². The van der Waals surface area contributed by atoms with Crippen LogP contribution >= 0.6 is 0 Å². The Balaban J connectivity index is 2.07. The molecule has 0 spiro atoms. The molecule has 0 fully saturated rings. The zero-order valence-corrected chi connectivity index (χ0v) is 13.1. The fourth-order valence-electron chi connectivity index (χ4n) is 1.97. The summed E-state index contributed by atoms with van der Waals surface area (Å²) in [6.07, 6.45) is -1.18. The summed E-state index contributed by atoms with van der Waals surface area (Å²) in [5.74, 6) is -1.48. The van der Waals surface area contributed by atoms with Crippen molar-refractivity contribution in [2.24, 2.45) is 0 Å². The highest BCUT2D eigenvalue weighted by atomic mass is 16.6. The quantitative estimate of drug-likeness (QED) is 0.507. The highest BCUT2D eigenvalue weighted by molar-refractivity contribution is 5.98. The minimum atomic E-state index is -1.18. The number of rotatable bonds is 5. The smallest absolute Gasteiger partial charge is 0.338 e. The lowest BCUT2D eigenvalue weighted by Gasteiger charge is -2.13. The summed E-state index contributed by atoms with van der Waals surface area (Å²) in [7, 11) is 0. The Morgan fingerprint density at radius 2 is 1.96 bits per heavy atom. The number of anilines is 1. The fraction of sp³-hybridized carbons (Fsp3) is 0.118. The molecule has 0 aliphatic heterocycles. The van der Waals surface area contributed by atoms with Crippen molar-refractivity contribution in [2.75, 3.05) is 5.32 Å². The zero-order chi connectivity index (χ0) is 18.4. The van der Waals surface area contributed by atoms with E-state index in [1.54, 1.807) is 0 Å². The normalized spacial score (nSPS) is 11.0. The van der Waals surface area contributed by atoms with Crippen LogP contribution in [0.25, 0.3) is 0 Å². The first-order chi connectivity index (χ1) is 11.9. The van der Waals surface area contributed by atoms with Crippen LogP contribution in [-0.2, 0) is 9.53 Å². The van der Waals surface area contributed by atoms with Crippen molar-refractivity contribution in [3.8, 4) is 6.07 Å². The molecule has 2 aromatic carbocycles. The van der Waals surface area contributed by atoms with E-state index in [9.17, 15) is 19.7 Å². The molecule has 0 saturated carbocycles. The number of nitrogens with one attached hydrogen (secondary N) is 1. The van der Waals surface area contributed by atoms with Crippen LogP contribution < -0.4 is 5.32 Å². The van der Waals surface area contributed by atoms with E-state index in [0.29, 0.717) is 0 Å². The lowest BCUT2D eigenvalue weighted by Crippen LogP contribution is -2.30. The second-order valence-corrected chi connectivity index (χ2v) is 5.00. The fourth-order valence-corrected chi connectivity index (χ4v) is 1.97. The molecule has 126 valence electrons. The Bertz CT molecular complexity index is 873. The number of nitriles is 1. The molecule has 8 heteroatoms. The third-order valence-electron chi connectivity index (χ3n) is 3.24. The van der Waals surface area contributed by atoms with Gasteiger partial charge in [0.2, 0.25) is 0 Å². The van der Waals surface area contributed by atoms with Gasteiger partial charge in [-0.05, 0) is 31.2 Å². The van der Waals surface area contributed by atoms with Gasteiger partial charge in [-0.15, -0.1) is 0 Å². The molecule has 1 N–H and O–H groups in total. The van der Waals surface area contributed by atoms with Crippen LogP contribution in [0, 0.1) is 21.4 Å². The van der Waals surface area contributed by atoms with Gasteiger partial charge in [0.1, 0.15) is 5.69 Å². The first-order valence-electron chi connectivity index (χ1n) is 7.18. The minimum absolute atomic E-state index is 0.00637. The van der Waals surface area contributed by atoms with Crippen molar-refractivity contribution >= 4 is 23.3 Å². The minimum Gasteiger partial charge on any atom is -0.449 e. The van der Waals surface area contributed by atoms with Crippen LogP contribution in [-0.4, -0.2) is 22.9 Å². The SMILES string of the molecule is C[C@@H](OC(=O)c1cccc(C#N)c1)C(=O)Nc1ccccc1[N+](=O)[O-]. The number of nitro benzene ring substituents is 1. The molecule has 2 rings (SSSR count). The molecule has 0 heterocycles. The van der Waals surface area contributed by atoms with Crippen molar-refractivity contribution < 1.29 is 19.2 Å². The summed E-state index contributed by atoms with van der Waals surface area (Å²) >= 11 is 0. The van der Waals surface area contributed by atoms with E-state index in [2.05, 4.69) is 5.32 Å². The van der Waals surface area contributed by atoms with Crippen LogP contribution in [0.1, 0.15) is 22.8 Å². The number of carbonyl (C=O) groups is 2. The number of carbonyl (C=O) groups excluding carboxylic acids is 2. The van der Waals surface area contributed by atoms with Crippen LogP contribution in [0.3, 0.4) is 0 Å². The second-order valence-electron chi connectivity index (χ2n) is 5.00. The third-order valence-corrected chi connectivity index (χ3v) is 3.24. The largest absolute Gasteiger partial charge is 0.449 e. The van der Waals surface area contributed by atoms with E-state index < -0.39 is 22.9 Å². The number of amides is 1. The second kappa shape index (κ2) is 7.70. The number of nitro groups is 1. The molecule has 1 amide bonds. The van der Waals surface area contributed by atoms with Crippen LogP contribution in [0.2, 0.25) is 0 Å². The Hall–Kier alpha value is -3.73. The maximum atomic E-state index is 12.1. The van der Waals surface area contributed by atoms with Crippen molar-refractivity contribution in [2.45, 2.75) is 13.0 Å². The summed E-state index contributed by atoms with van der Waals surface area (Å²) in [6.45, 7) is 1.34. The van der Waals surface area contributed by atoms with Crippen LogP contribution in [0.5, 0.6) is 0 Å². The van der Waals surface area contributed by atoms with Gasteiger partial charge in [0.15, 0.2) is 6.10 Å². The third kappa shape index (κ3) is 4.39. The number of ether oxygens (including phenoxy) is 1. The number of para-hydroxylation sites is 2. The molecule has 0 radical (unpaired) electrons. The molecule has 0 saturated heterocycles. The lowest BCUT2D eigenvalue weighted by molar-refractivity contribution is -0.383. The molecular formula is C17H13N3O5. The molecule has 0 bridgehead atoms. The van der Waals surface area contributed by atoms with Crippen molar-refractivity contribution in [3.05, 3.63) is 69.8 Å². The van der Waals surface area contributed by atoms with E-state index in [1.165, 1.54) is 55.5 Å². The first-order valence-corrected chi connectivity index (χ1v) is 7.18. The van der Waals surface area contributed by atoms with Gasteiger partial charge < -0.3 is 10.1 Å². The van der Waals surface area contributed by atoms with Gasteiger partial charge in [0.05, 0.1) is 22.1 Å². The van der Waals surface area contributed by atoms with Crippen molar-refractivity contribution in [1.29, 1.82) is 5.26 Å². The van der Waals surface area contributed by atoms with Gasteiger partial charge in [-0.25, -0.2) is 4.79 Å². The summed E-state index contributed by atoms with van der Waals surface area (Å²) < 4.78 is 5.04. The topological polar surface area (TPSA) is 122 Å². The van der Waals surface area contributed by atoms with Crippen LogP contribution in [0.4, 0.5) is 11.4 Å². The molecule has 0 aromatic heterocycles. The van der Waals surface area contributed by atoms with E-state index >= 15 is 0 Å². The number of hydrogen-bond acceptors (Lipinski definition) is 6. The lowest BCUT2D eigenvalue weighted by atomic mass is 10.1. The maximum Gasteiger partial charge on any atom is 0.338 e. The average molecular weight is 339 g/mol. The highest BCUT2D eigenvalue weighted by Crippen LogP contribution is 2.23. The summed E-state index contributed by atoms with van der Waals surface area (Å²) in [6, 6.07) is 13.4. The van der Waals surface area contributed by atoms with Gasteiger partial charge >= 0.3 is 5.97 Å². The van der Waals surface area contributed by atoms with E-state index in [1.807, 2.05) is 6.07 Å². The molecular weight excluding hydrogens is 326 g/mol. The van der Waals surface area contributed by atoms with Crippen LogP contribution in [0.15, 0.2) is 48.5 Å². The van der Waals surface area contributed by atoms with Crippen molar-refractivity contribution in [1.82, 2.24) is 0 Å². The molecule has 8 nitrogen and oxygen atoms in total. The predicted molar refractivity (Wildman–Crippen MR) is 87.8 cm³/mol. The number of nitrogens with zero attached hydrogens (tertiary/aromatic N) is 2. The molecule has 0 aliphatic rings. The molecule has 0 aliphatic carbocycles. The number of esters is 1. The molecule has 0 unspecified atom stereocenters. The maximum absolute atomic E-state index is 12.1. The van der Waals surface area contributed by atoms with Gasteiger partial charge in [-0.3, -0.25) is 14.9 Å². The van der Waals surface area contributed by atoms with Gasteiger partial charge in [0, 0.05) is 6.07 Å². The molecule has 25 heavy (non-hydrogen) atoms. The van der Waals surface area contributed by atoms with Gasteiger partial charge in [-0.1, -0.05) is 18.2 Å². The standard InChI is InChI=1S/C17H13N3O5/c1-11(25-17(22)13-6-4-5-12(9-13)10-18)16(21)19-14-7-2-3-8-15(14)20(23)24/h2-9,11H,1H3,(H,19,21)/t11-/m1/s1. The predicted octanol–water partition coefficient (Wildman–Crippen LogP) is 2.65. The van der Waals surface area contributed by atoms with Crippen molar-refractivity contribution in [3.63, 3.8) is 0 Å². The Morgan fingerprint density at radius 1 is 1.24 bits per heavy atom. The number of benzene rings is 2. The molecule has 2 aromatic rings. The summed E-state index contributed by atoms with van der Waals surface area (Å²) in [5.41, 5.74) is 0.152. The number of hydrogen-bond donors (Lipinski definition) is 1. The van der Waals surface area contributed by atoms with E-state index in [0.717, 1.165) is 0 Å². The van der Waals surface area contributed by atoms with E-state index in [-0.39, 0.29) is 22.5 Å².